The Balaban J connectivity index is 1.54. The van der Waals surface area contributed by atoms with Crippen LogP contribution in [0.25, 0.3) is 5.82 Å². The fraction of sp³-hybridized carbons (Fsp3) is 0.105. The molecule has 0 bridgehead atoms. The number of ether oxygens (including phenoxy) is 1. The van der Waals surface area contributed by atoms with Crippen LogP contribution in [0.15, 0.2) is 66.5 Å². The fourth-order valence-corrected chi connectivity index (χ4v) is 2.85. The third kappa shape index (κ3) is 2.84. The summed E-state index contributed by atoms with van der Waals surface area (Å²) in [6, 6.07) is 19.3. The summed E-state index contributed by atoms with van der Waals surface area (Å²) >= 11 is 0. The number of nitrogens with two attached hydrogens (primary N) is 1. The van der Waals surface area contributed by atoms with Crippen molar-refractivity contribution in [1.29, 1.82) is 5.26 Å². The van der Waals surface area contributed by atoms with Gasteiger partial charge in [-0.05, 0) is 23.3 Å². The molecule has 1 aliphatic rings. The maximum absolute atomic E-state index is 9.51. The van der Waals surface area contributed by atoms with Gasteiger partial charge in [0, 0.05) is 0 Å². The largest absolute Gasteiger partial charge is 0.489 e. The van der Waals surface area contributed by atoms with E-state index < -0.39 is 0 Å². The molecular formula is C19H16N6O. The second-order valence-electron chi connectivity index (χ2n) is 5.83. The lowest BCUT2D eigenvalue weighted by Crippen LogP contribution is -2.27. The lowest BCUT2D eigenvalue weighted by molar-refractivity contribution is 0.306. The third-order valence-electron chi connectivity index (χ3n) is 4.20. The van der Waals surface area contributed by atoms with Crippen LogP contribution in [-0.2, 0) is 6.61 Å². The number of nitrogens with zero attached hydrogens (tertiary/aromatic N) is 4. The summed E-state index contributed by atoms with van der Waals surface area (Å²) in [6.45, 7) is 0.501. The summed E-state index contributed by atoms with van der Waals surface area (Å²) in [7, 11) is 0. The molecule has 0 amide bonds. The van der Waals surface area contributed by atoms with Crippen LogP contribution in [0, 0.1) is 11.3 Å². The second kappa shape index (κ2) is 6.61. The molecule has 0 saturated carbocycles. The molecule has 1 aliphatic heterocycles. The van der Waals surface area contributed by atoms with Gasteiger partial charge in [-0.2, -0.15) is 20.0 Å². The summed E-state index contributed by atoms with van der Waals surface area (Å²) in [5.41, 5.74) is 8.47. The van der Waals surface area contributed by atoms with Crippen LogP contribution < -0.4 is 15.8 Å². The van der Waals surface area contributed by atoms with E-state index in [9.17, 15) is 5.26 Å². The minimum Gasteiger partial charge on any atom is -0.489 e. The average Bonchev–Trinajstić information content (AvgIpc) is 3.17. The zero-order chi connectivity index (χ0) is 17.9. The highest BCUT2D eigenvalue weighted by molar-refractivity contribution is 5.65. The summed E-state index contributed by atoms with van der Waals surface area (Å²) in [5, 5.41) is 16.7. The van der Waals surface area contributed by atoms with Crippen LogP contribution in [-0.4, -0.2) is 14.8 Å². The van der Waals surface area contributed by atoms with Gasteiger partial charge in [-0.3, -0.25) is 0 Å². The van der Waals surface area contributed by atoms with E-state index in [1.807, 2.05) is 54.6 Å². The average molecular weight is 344 g/mol. The minimum absolute atomic E-state index is 0.285. The van der Waals surface area contributed by atoms with Crippen LogP contribution in [0.2, 0.25) is 0 Å². The third-order valence-corrected chi connectivity index (χ3v) is 4.20. The van der Waals surface area contributed by atoms with Crippen molar-refractivity contribution in [2.24, 2.45) is 5.73 Å². The van der Waals surface area contributed by atoms with Gasteiger partial charge in [0.15, 0.2) is 0 Å². The maximum atomic E-state index is 9.51. The number of anilines is 1. The van der Waals surface area contributed by atoms with E-state index in [1.165, 1.54) is 11.0 Å². The van der Waals surface area contributed by atoms with Gasteiger partial charge in [-0.15, -0.1) is 0 Å². The van der Waals surface area contributed by atoms with Crippen LogP contribution in [0.5, 0.6) is 5.75 Å². The summed E-state index contributed by atoms with van der Waals surface area (Å²) in [5.74, 6) is 1.55. The van der Waals surface area contributed by atoms with E-state index in [2.05, 4.69) is 21.5 Å². The number of nitriles is 1. The standard InChI is InChI=1S/C19H16N6O/c20-10-16-17(24-19-22-12-23-25(19)18(16)21)14-6-8-15(9-7-14)26-11-13-4-2-1-3-5-13/h1-9,12,17H,11,21H2,(H,22,23,24)/t17-/m0/s1. The molecule has 2 aromatic carbocycles. The van der Waals surface area contributed by atoms with Gasteiger partial charge in [-0.1, -0.05) is 42.5 Å². The predicted molar refractivity (Wildman–Crippen MR) is 96.6 cm³/mol. The SMILES string of the molecule is N#CC1=C(N)n2ncnc2N[C@H]1c1ccc(OCc2ccccc2)cc1. The molecule has 0 aliphatic carbocycles. The summed E-state index contributed by atoms with van der Waals surface area (Å²) in [4.78, 5) is 4.12. The number of hydrogen-bond donors (Lipinski definition) is 2. The predicted octanol–water partition coefficient (Wildman–Crippen LogP) is 2.67. The summed E-state index contributed by atoms with van der Waals surface area (Å²) in [6.07, 6.45) is 1.40. The zero-order valence-corrected chi connectivity index (χ0v) is 13.8. The summed E-state index contributed by atoms with van der Waals surface area (Å²) < 4.78 is 7.23. The Morgan fingerprint density at radius 1 is 1.15 bits per heavy atom. The highest BCUT2D eigenvalue weighted by Crippen LogP contribution is 2.33. The molecule has 7 heteroatoms. The normalized spacial score (nSPS) is 15.7. The highest BCUT2D eigenvalue weighted by atomic mass is 16.5. The molecule has 3 N–H and O–H groups in total. The second-order valence-corrected chi connectivity index (χ2v) is 5.83. The van der Waals surface area contributed by atoms with Gasteiger partial charge in [0.25, 0.3) is 0 Å². The van der Waals surface area contributed by atoms with Gasteiger partial charge in [-0.25, -0.2) is 0 Å². The molecule has 0 radical (unpaired) electrons. The van der Waals surface area contributed by atoms with E-state index in [0.29, 0.717) is 18.1 Å². The number of hydrogen-bond acceptors (Lipinski definition) is 6. The first-order valence-electron chi connectivity index (χ1n) is 8.09. The Hall–Kier alpha value is -3.79. The Morgan fingerprint density at radius 3 is 2.65 bits per heavy atom. The van der Waals surface area contributed by atoms with Crippen molar-refractivity contribution in [3.05, 3.63) is 77.6 Å². The van der Waals surface area contributed by atoms with Crippen molar-refractivity contribution in [2.45, 2.75) is 12.6 Å². The van der Waals surface area contributed by atoms with E-state index in [0.717, 1.165) is 16.9 Å². The number of rotatable bonds is 4. The van der Waals surface area contributed by atoms with Gasteiger partial charge in [0.2, 0.25) is 5.95 Å². The Labute approximate surface area is 150 Å². The first kappa shape index (κ1) is 15.7. The maximum Gasteiger partial charge on any atom is 0.228 e. The van der Waals surface area contributed by atoms with Gasteiger partial charge < -0.3 is 15.8 Å². The van der Waals surface area contributed by atoms with E-state index >= 15 is 0 Å². The molecule has 0 spiro atoms. The van der Waals surface area contributed by atoms with Gasteiger partial charge in [0.1, 0.15) is 30.6 Å². The molecule has 128 valence electrons. The molecule has 0 unspecified atom stereocenters. The van der Waals surface area contributed by atoms with Crippen LogP contribution in [0.3, 0.4) is 0 Å². The number of fused-ring (bicyclic) bond motifs is 1. The lowest BCUT2D eigenvalue weighted by Gasteiger charge is -2.25. The lowest BCUT2D eigenvalue weighted by atomic mass is 9.98. The van der Waals surface area contributed by atoms with Crippen molar-refractivity contribution in [1.82, 2.24) is 14.8 Å². The molecule has 0 fully saturated rings. The monoisotopic (exact) mass is 344 g/mol. The molecule has 3 aromatic rings. The zero-order valence-electron chi connectivity index (χ0n) is 13.8. The first-order valence-corrected chi connectivity index (χ1v) is 8.09. The van der Waals surface area contributed by atoms with Crippen molar-refractivity contribution in [3.8, 4) is 11.8 Å². The van der Waals surface area contributed by atoms with Crippen molar-refractivity contribution in [2.75, 3.05) is 5.32 Å². The quantitative estimate of drug-likeness (QED) is 0.754. The fourth-order valence-electron chi connectivity index (χ4n) is 2.85. The van der Waals surface area contributed by atoms with E-state index in [1.54, 1.807) is 0 Å². The molecule has 1 aromatic heterocycles. The number of nitrogens with one attached hydrogen (secondary N) is 1. The van der Waals surface area contributed by atoms with Crippen molar-refractivity contribution >= 4 is 11.8 Å². The molecule has 0 saturated heterocycles. The topological polar surface area (TPSA) is 102 Å². The Bertz CT molecular complexity index is 985. The van der Waals surface area contributed by atoms with Crippen molar-refractivity contribution in [3.63, 3.8) is 0 Å². The van der Waals surface area contributed by atoms with Crippen molar-refractivity contribution < 1.29 is 4.74 Å². The van der Waals surface area contributed by atoms with Crippen LogP contribution in [0.1, 0.15) is 17.2 Å². The Morgan fingerprint density at radius 2 is 1.92 bits per heavy atom. The van der Waals surface area contributed by atoms with Crippen LogP contribution >= 0.6 is 0 Å². The van der Waals surface area contributed by atoms with E-state index in [4.69, 9.17) is 10.5 Å². The van der Waals surface area contributed by atoms with Gasteiger partial charge >= 0.3 is 0 Å². The smallest absolute Gasteiger partial charge is 0.228 e. The molecule has 4 rings (SSSR count). The molecule has 26 heavy (non-hydrogen) atoms. The van der Waals surface area contributed by atoms with Gasteiger partial charge in [0.05, 0.1) is 11.6 Å². The molecular weight excluding hydrogens is 328 g/mol. The van der Waals surface area contributed by atoms with Crippen LogP contribution in [0.4, 0.5) is 5.95 Å². The van der Waals surface area contributed by atoms with E-state index in [-0.39, 0.29) is 11.9 Å². The molecule has 1 atom stereocenters. The number of benzene rings is 2. The molecule has 7 nitrogen and oxygen atoms in total. The first-order chi connectivity index (χ1) is 12.8. The number of aromatic nitrogens is 3. The minimum atomic E-state index is -0.375. The Kier molecular flexibility index (Phi) is 4.00. The highest BCUT2D eigenvalue weighted by Gasteiger charge is 2.28. The molecule has 2 heterocycles.